The molecule has 0 heterocycles. The Morgan fingerprint density at radius 1 is 0.870 bits per heavy atom. The van der Waals surface area contributed by atoms with Crippen molar-refractivity contribution in [1.29, 1.82) is 0 Å². The molecule has 1 unspecified atom stereocenters. The fourth-order valence-electron chi connectivity index (χ4n) is 3.00. The molecule has 0 spiro atoms. The fourth-order valence-corrected chi connectivity index (χ4v) is 3.00. The molecule has 0 bridgehead atoms. The van der Waals surface area contributed by atoms with Crippen molar-refractivity contribution in [1.82, 2.24) is 5.32 Å². The van der Waals surface area contributed by atoms with Crippen molar-refractivity contribution in [3.05, 3.63) is 77.9 Å². The minimum Gasteiger partial charge on any atom is -0.493 e. The third-order valence-corrected chi connectivity index (χ3v) is 4.32. The van der Waals surface area contributed by atoms with E-state index in [1.54, 1.807) is 0 Å². The lowest BCUT2D eigenvalue weighted by molar-refractivity contribution is 0.293. The highest BCUT2D eigenvalue weighted by atomic mass is 16.5. The van der Waals surface area contributed by atoms with E-state index in [-0.39, 0.29) is 0 Å². The maximum absolute atomic E-state index is 6.09. The molecule has 23 heavy (non-hydrogen) atoms. The summed E-state index contributed by atoms with van der Waals surface area (Å²) in [5.41, 5.74) is 2.58. The molecule has 0 saturated carbocycles. The van der Waals surface area contributed by atoms with Crippen molar-refractivity contribution in [2.24, 2.45) is 0 Å². The van der Waals surface area contributed by atoms with Gasteiger partial charge in [-0.3, -0.25) is 0 Å². The van der Waals surface area contributed by atoms with Crippen LogP contribution in [0.3, 0.4) is 0 Å². The van der Waals surface area contributed by atoms with Crippen LogP contribution in [0.15, 0.2) is 66.7 Å². The van der Waals surface area contributed by atoms with Gasteiger partial charge in [-0.25, -0.2) is 0 Å². The van der Waals surface area contributed by atoms with Crippen molar-refractivity contribution in [2.45, 2.75) is 19.4 Å². The predicted molar refractivity (Wildman–Crippen MR) is 97.0 cm³/mol. The summed E-state index contributed by atoms with van der Waals surface area (Å²) < 4.78 is 6.09. The highest BCUT2D eigenvalue weighted by molar-refractivity contribution is 5.90. The van der Waals surface area contributed by atoms with E-state index in [1.807, 2.05) is 13.1 Å². The van der Waals surface area contributed by atoms with Crippen LogP contribution >= 0.6 is 0 Å². The van der Waals surface area contributed by atoms with Gasteiger partial charge in [0.05, 0.1) is 6.61 Å². The molecule has 0 aliphatic carbocycles. The largest absolute Gasteiger partial charge is 0.493 e. The molecule has 0 radical (unpaired) electrons. The average molecular weight is 305 g/mol. The lowest BCUT2D eigenvalue weighted by Gasteiger charge is -2.17. The second kappa shape index (κ2) is 7.30. The Balaban J connectivity index is 1.70. The number of nitrogens with one attached hydrogen (secondary N) is 1. The van der Waals surface area contributed by atoms with Crippen molar-refractivity contribution < 1.29 is 4.74 Å². The Morgan fingerprint density at radius 2 is 1.57 bits per heavy atom. The van der Waals surface area contributed by atoms with Gasteiger partial charge in [0, 0.05) is 17.8 Å². The van der Waals surface area contributed by atoms with Gasteiger partial charge in [-0.2, -0.15) is 0 Å². The van der Waals surface area contributed by atoms with Crippen molar-refractivity contribution in [3.63, 3.8) is 0 Å². The molecule has 118 valence electrons. The van der Waals surface area contributed by atoms with Gasteiger partial charge in [0.1, 0.15) is 5.75 Å². The summed E-state index contributed by atoms with van der Waals surface area (Å²) in [6.45, 7) is 2.83. The van der Waals surface area contributed by atoms with E-state index in [1.165, 1.54) is 21.9 Å². The molecule has 0 saturated heterocycles. The van der Waals surface area contributed by atoms with E-state index in [4.69, 9.17) is 4.74 Å². The topological polar surface area (TPSA) is 21.3 Å². The Morgan fingerprint density at radius 3 is 2.30 bits per heavy atom. The van der Waals surface area contributed by atoms with E-state index >= 15 is 0 Å². The van der Waals surface area contributed by atoms with Crippen LogP contribution in [0.1, 0.15) is 23.6 Å². The Kier molecular flexibility index (Phi) is 4.94. The van der Waals surface area contributed by atoms with Gasteiger partial charge in [-0.1, -0.05) is 60.7 Å². The molecule has 0 aliphatic heterocycles. The highest BCUT2D eigenvalue weighted by Crippen LogP contribution is 2.28. The van der Waals surface area contributed by atoms with Gasteiger partial charge in [0.2, 0.25) is 0 Å². The number of hydrogen-bond donors (Lipinski definition) is 1. The number of hydrogen-bond acceptors (Lipinski definition) is 2. The zero-order chi connectivity index (χ0) is 16.1. The first kappa shape index (κ1) is 15.6. The van der Waals surface area contributed by atoms with Crippen molar-refractivity contribution in [3.8, 4) is 5.75 Å². The molecule has 3 aromatic carbocycles. The molecular weight excluding hydrogens is 282 g/mol. The van der Waals surface area contributed by atoms with Crippen LogP contribution in [-0.4, -0.2) is 13.7 Å². The SMILES string of the molecule is CNC(CCOc1ccc(C)c2ccccc12)c1ccccc1. The number of fused-ring (bicyclic) bond motifs is 1. The molecule has 1 N–H and O–H groups in total. The Labute approximate surface area is 138 Å². The summed E-state index contributed by atoms with van der Waals surface area (Å²) in [6.07, 6.45) is 0.933. The van der Waals surface area contributed by atoms with Crippen LogP contribution in [0.2, 0.25) is 0 Å². The standard InChI is InChI=1S/C21H23NO/c1-16-12-13-21(19-11-7-6-10-18(16)19)23-15-14-20(22-2)17-8-4-3-5-9-17/h3-13,20,22H,14-15H2,1-2H3. The summed E-state index contributed by atoms with van der Waals surface area (Å²) >= 11 is 0. The van der Waals surface area contributed by atoms with E-state index in [0.717, 1.165) is 12.2 Å². The molecular formula is C21H23NO. The van der Waals surface area contributed by atoms with Crippen LogP contribution < -0.4 is 10.1 Å². The van der Waals surface area contributed by atoms with Crippen LogP contribution in [0.4, 0.5) is 0 Å². The molecule has 3 aromatic rings. The number of aryl methyl sites for hydroxylation is 1. The first-order valence-corrected chi connectivity index (χ1v) is 8.13. The molecule has 0 aliphatic rings. The monoisotopic (exact) mass is 305 g/mol. The highest BCUT2D eigenvalue weighted by Gasteiger charge is 2.10. The minimum atomic E-state index is 0.313. The number of benzene rings is 3. The third kappa shape index (κ3) is 3.54. The van der Waals surface area contributed by atoms with E-state index in [2.05, 4.69) is 72.9 Å². The average Bonchev–Trinajstić information content (AvgIpc) is 2.61. The lowest BCUT2D eigenvalue weighted by atomic mass is 10.0. The molecule has 0 amide bonds. The molecule has 2 heteroatoms. The summed E-state index contributed by atoms with van der Waals surface area (Å²) in [4.78, 5) is 0. The van der Waals surface area contributed by atoms with Crippen LogP contribution in [-0.2, 0) is 0 Å². The van der Waals surface area contributed by atoms with Crippen LogP contribution in [0.25, 0.3) is 10.8 Å². The van der Waals surface area contributed by atoms with Gasteiger partial charge in [0.15, 0.2) is 0 Å². The second-order valence-corrected chi connectivity index (χ2v) is 5.82. The smallest absolute Gasteiger partial charge is 0.127 e. The van der Waals surface area contributed by atoms with Gasteiger partial charge >= 0.3 is 0 Å². The third-order valence-electron chi connectivity index (χ3n) is 4.32. The number of rotatable bonds is 6. The van der Waals surface area contributed by atoms with Crippen molar-refractivity contribution >= 4 is 10.8 Å². The van der Waals surface area contributed by atoms with Gasteiger partial charge in [0.25, 0.3) is 0 Å². The summed E-state index contributed by atoms with van der Waals surface area (Å²) in [5, 5.41) is 5.82. The minimum absolute atomic E-state index is 0.313. The molecule has 0 aromatic heterocycles. The zero-order valence-electron chi connectivity index (χ0n) is 13.8. The summed E-state index contributed by atoms with van der Waals surface area (Å²) in [6, 6.07) is 23.5. The predicted octanol–water partition coefficient (Wildman–Crippen LogP) is 4.88. The van der Waals surface area contributed by atoms with Gasteiger partial charge in [-0.15, -0.1) is 0 Å². The van der Waals surface area contributed by atoms with Crippen LogP contribution in [0.5, 0.6) is 5.75 Å². The first-order chi connectivity index (χ1) is 11.3. The second-order valence-electron chi connectivity index (χ2n) is 5.82. The maximum atomic E-state index is 6.09. The number of ether oxygens (including phenoxy) is 1. The first-order valence-electron chi connectivity index (χ1n) is 8.13. The van der Waals surface area contributed by atoms with Gasteiger partial charge in [-0.05, 0) is 36.6 Å². The quantitative estimate of drug-likeness (QED) is 0.701. The molecule has 3 rings (SSSR count). The van der Waals surface area contributed by atoms with Crippen LogP contribution in [0, 0.1) is 6.92 Å². The van der Waals surface area contributed by atoms with E-state index < -0.39 is 0 Å². The zero-order valence-corrected chi connectivity index (χ0v) is 13.8. The summed E-state index contributed by atoms with van der Waals surface area (Å²) in [5.74, 6) is 0.967. The van der Waals surface area contributed by atoms with Crippen molar-refractivity contribution in [2.75, 3.05) is 13.7 Å². The molecule has 2 nitrogen and oxygen atoms in total. The fraction of sp³-hybridized carbons (Fsp3) is 0.238. The normalized spacial score (nSPS) is 12.3. The Bertz CT molecular complexity index is 767. The lowest BCUT2D eigenvalue weighted by Crippen LogP contribution is -2.19. The van der Waals surface area contributed by atoms with E-state index in [9.17, 15) is 0 Å². The Hall–Kier alpha value is -2.32. The van der Waals surface area contributed by atoms with Gasteiger partial charge < -0.3 is 10.1 Å². The summed E-state index contributed by atoms with van der Waals surface area (Å²) in [7, 11) is 2.00. The molecule has 1 atom stereocenters. The van der Waals surface area contributed by atoms with E-state index in [0.29, 0.717) is 12.6 Å². The molecule has 0 fully saturated rings. The maximum Gasteiger partial charge on any atom is 0.127 e.